The number of hydrogen-bond acceptors (Lipinski definition) is 4. The minimum absolute atomic E-state index is 0.0326. The molecule has 0 spiro atoms. The van der Waals surface area contributed by atoms with Crippen molar-refractivity contribution in [3.05, 3.63) is 54.4 Å². The number of nitrogens with two attached hydrogens (primary N) is 1. The van der Waals surface area contributed by atoms with Gasteiger partial charge in [0, 0.05) is 36.6 Å². The van der Waals surface area contributed by atoms with E-state index in [-0.39, 0.29) is 5.91 Å². The molecule has 1 amide bonds. The van der Waals surface area contributed by atoms with E-state index in [0.717, 1.165) is 12.1 Å². The van der Waals surface area contributed by atoms with Gasteiger partial charge < -0.3 is 15.8 Å². The smallest absolute Gasteiger partial charge is 0.223 e. The van der Waals surface area contributed by atoms with Gasteiger partial charge in [-0.15, -0.1) is 0 Å². The zero-order chi connectivity index (χ0) is 14.9. The van der Waals surface area contributed by atoms with Crippen LogP contribution in [0.1, 0.15) is 12.1 Å². The molecule has 0 bridgehead atoms. The van der Waals surface area contributed by atoms with Crippen LogP contribution in [-0.2, 0) is 11.2 Å². The Morgan fingerprint density at radius 2 is 2.14 bits per heavy atom. The van der Waals surface area contributed by atoms with Crippen LogP contribution in [0, 0.1) is 0 Å². The topological polar surface area (TPSA) is 77.2 Å². The predicted molar refractivity (Wildman–Crippen MR) is 81.9 cm³/mol. The molecule has 0 atom stereocenters. The van der Waals surface area contributed by atoms with Crippen LogP contribution in [0.4, 0.5) is 5.69 Å². The van der Waals surface area contributed by atoms with Crippen molar-refractivity contribution in [2.24, 2.45) is 0 Å². The normalized spacial score (nSPS) is 10.1. The van der Waals surface area contributed by atoms with Crippen LogP contribution in [-0.4, -0.2) is 24.0 Å². The van der Waals surface area contributed by atoms with E-state index in [2.05, 4.69) is 10.3 Å². The number of anilines is 1. The van der Waals surface area contributed by atoms with Crippen molar-refractivity contribution in [3.8, 4) is 5.75 Å². The second-order valence-corrected chi connectivity index (χ2v) is 4.59. The summed E-state index contributed by atoms with van der Waals surface area (Å²) >= 11 is 0. The quantitative estimate of drug-likeness (QED) is 0.760. The summed E-state index contributed by atoms with van der Waals surface area (Å²) in [6, 6.07) is 12.9. The van der Waals surface area contributed by atoms with Crippen molar-refractivity contribution >= 4 is 11.6 Å². The first kappa shape index (κ1) is 14.8. The third-order valence-electron chi connectivity index (χ3n) is 2.89. The molecule has 1 aromatic carbocycles. The maximum Gasteiger partial charge on any atom is 0.223 e. The Bertz CT molecular complexity index is 573. The second kappa shape index (κ2) is 7.89. The summed E-state index contributed by atoms with van der Waals surface area (Å²) in [5.74, 6) is 0.645. The molecule has 0 fully saturated rings. The maximum atomic E-state index is 11.7. The summed E-state index contributed by atoms with van der Waals surface area (Å²) in [6.45, 7) is 0.910. The van der Waals surface area contributed by atoms with Crippen LogP contribution in [0.3, 0.4) is 0 Å². The van der Waals surface area contributed by atoms with Gasteiger partial charge in [0.1, 0.15) is 5.75 Å². The largest absolute Gasteiger partial charge is 0.493 e. The highest BCUT2D eigenvalue weighted by molar-refractivity contribution is 5.75. The monoisotopic (exact) mass is 285 g/mol. The minimum atomic E-state index is -0.0326. The fraction of sp³-hybridized carbons (Fsp3) is 0.250. The van der Waals surface area contributed by atoms with E-state index in [1.54, 1.807) is 18.3 Å². The number of aromatic nitrogens is 1. The number of amides is 1. The van der Waals surface area contributed by atoms with Gasteiger partial charge in [0.05, 0.1) is 13.0 Å². The molecule has 2 rings (SSSR count). The van der Waals surface area contributed by atoms with Crippen LogP contribution in [0.2, 0.25) is 0 Å². The van der Waals surface area contributed by atoms with Crippen molar-refractivity contribution in [2.75, 3.05) is 18.9 Å². The third kappa shape index (κ3) is 5.52. The molecule has 0 saturated carbocycles. The minimum Gasteiger partial charge on any atom is -0.493 e. The second-order valence-electron chi connectivity index (χ2n) is 4.59. The highest BCUT2D eigenvalue weighted by Gasteiger charge is 2.02. The summed E-state index contributed by atoms with van der Waals surface area (Å²) in [5.41, 5.74) is 7.26. The van der Waals surface area contributed by atoms with Gasteiger partial charge in [0.25, 0.3) is 0 Å². The molecule has 0 unspecified atom stereocenters. The molecule has 2 aromatic rings. The van der Waals surface area contributed by atoms with Crippen LogP contribution in [0.15, 0.2) is 48.7 Å². The molecule has 1 heterocycles. The molecule has 0 saturated heterocycles. The average molecular weight is 285 g/mol. The van der Waals surface area contributed by atoms with Gasteiger partial charge in [-0.2, -0.15) is 0 Å². The van der Waals surface area contributed by atoms with Gasteiger partial charge in [-0.3, -0.25) is 9.78 Å². The number of pyridine rings is 1. The Hall–Kier alpha value is -2.56. The van der Waals surface area contributed by atoms with Gasteiger partial charge in [-0.25, -0.2) is 0 Å². The molecule has 0 radical (unpaired) electrons. The molecular weight excluding hydrogens is 266 g/mol. The summed E-state index contributed by atoms with van der Waals surface area (Å²) in [6.07, 6.45) is 2.79. The molecule has 110 valence electrons. The van der Waals surface area contributed by atoms with Crippen molar-refractivity contribution in [1.82, 2.24) is 10.3 Å². The maximum absolute atomic E-state index is 11.7. The molecule has 5 heteroatoms. The number of nitrogens with one attached hydrogen (secondary N) is 1. The molecule has 0 aliphatic carbocycles. The summed E-state index contributed by atoms with van der Waals surface area (Å²) in [4.78, 5) is 15.9. The number of carbonyl (C=O) groups excluding carboxylic acids is 1. The summed E-state index contributed by atoms with van der Waals surface area (Å²) in [7, 11) is 0. The summed E-state index contributed by atoms with van der Waals surface area (Å²) in [5, 5.41) is 2.85. The molecule has 0 aliphatic heterocycles. The Balaban J connectivity index is 1.61. The Kier molecular flexibility index (Phi) is 5.58. The molecule has 0 aliphatic rings. The van der Waals surface area contributed by atoms with Gasteiger partial charge >= 0.3 is 0 Å². The predicted octanol–water partition coefficient (Wildman–Crippen LogP) is 1.79. The molecule has 1 aromatic heterocycles. The Labute approximate surface area is 124 Å². The van der Waals surface area contributed by atoms with Gasteiger partial charge in [0.15, 0.2) is 0 Å². The Morgan fingerprint density at radius 3 is 2.90 bits per heavy atom. The zero-order valence-corrected chi connectivity index (χ0v) is 11.8. The van der Waals surface area contributed by atoms with Crippen LogP contribution in [0.5, 0.6) is 5.75 Å². The zero-order valence-electron chi connectivity index (χ0n) is 11.8. The van der Waals surface area contributed by atoms with E-state index in [9.17, 15) is 4.79 Å². The lowest BCUT2D eigenvalue weighted by Gasteiger charge is -2.07. The van der Waals surface area contributed by atoms with E-state index in [1.807, 2.05) is 30.3 Å². The van der Waals surface area contributed by atoms with Crippen molar-refractivity contribution in [3.63, 3.8) is 0 Å². The van der Waals surface area contributed by atoms with Crippen LogP contribution < -0.4 is 15.8 Å². The molecule has 5 nitrogen and oxygen atoms in total. The average Bonchev–Trinajstić information content (AvgIpc) is 2.48. The van der Waals surface area contributed by atoms with Crippen molar-refractivity contribution < 1.29 is 9.53 Å². The molecular formula is C16H19N3O2. The van der Waals surface area contributed by atoms with Crippen molar-refractivity contribution in [1.29, 1.82) is 0 Å². The molecule has 21 heavy (non-hydrogen) atoms. The van der Waals surface area contributed by atoms with Gasteiger partial charge in [-0.05, 0) is 24.3 Å². The van der Waals surface area contributed by atoms with Crippen LogP contribution in [0.25, 0.3) is 0 Å². The van der Waals surface area contributed by atoms with E-state index in [4.69, 9.17) is 10.5 Å². The Morgan fingerprint density at radius 1 is 1.24 bits per heavy atom. The van der Waals surface area contributed by atoms with E-state index in [0.29, 0.717) is 31.0 Å². The first-order valence-electron chi connectivity index (χ1n) is 6.89. The fourth-order valence-electron chi connectivity index (χ4n) is 1.83. The highest BCUT2D eigenvalue weighted by atomic mass is 16.5. The third-order valence-corrected chi connectivity index (χ3v) is 2.89. The van der Waals surface area contributed by atoms with Crippen molar-refractivity contribution in [2.45, 2.75) is 12.8 Å². The van der Waals surface area contributed by atoms with Crippen LogP contribution >= 0.6 is 0 Å². The van der Waals surface area contributed by atoms with E-state index >= 15 is 0 Å². The SMILES string of the molecule is Nc1cccc(OCCC(=O)NCCc2ccccn2)c1. The number of benzene rings is 1. The first-order valence-corrected chi connectivity index (χ1v) is 6.89. The molecule has 3 N–H and O–H groups in total. The number of nitrogens with zero attached hydrogens (tertiary/aromatic N) is 1. The van der Waals surface area contributed by atoms with E-state index < -0.39 is 0 Å². The lowest BCUT2D eigenvalue weighted by Crippen LogP contribution is -2.27. The first-order chi connectivity index (χ1) is 10.2. The fourth-order valence-corrected chi connectivity index (χ4v) is 1.83. The van der Waals surface area contributed by atoms with Gasteiger partial charge in [0.2, 0.25) is 5.91 Å². The lowest BCUT2D eigenvalue weighted by molar-refractivity contribution is -0.121. The van der Waals surface area contributed by atoms with E-state index in [1.165, 1.54) is 0 Å². The number of nitrogen functional groups attached to an aromatic ring is 1. The lowest BCUT2D eigenvalue weighted by atomic mass is 10.2. The summed E-state index contributed by atoms with van der Waals surface area (Å²) < 4.78 is 5.47. The number of ether oxygens (including phenoxy) is 1. The highest BCUT2D eigenvalue weighted by Crippen LogP contribution is 2.14. The number of carbonyl (C=O) groups is 1. The standard InChI is InChI=1S/C16H19N3O2/c17-13-4-3-6-15(12-13)21-11-8-16(20)19-10-7-14-5-1-2-9-18-14/h1-6,9,12H,7-8,10-11,17H2,(H,19,20). The van der Waals surface area contributed by atoms with Gasteiger partial charge in [-0.1, -0.05) is 12.1 Å². The number of rotatable bonds is 7. The number of hydrogen-bond donors (Lipinski definition) is 2.